The van der Waals surface area contributed by atoms with Crippen LogP contribution in [0.2, 0.25) is 0 Å². The zero-order valence-corrected chi connectivity index (χ0v) is 13.7. The van der Waals surface area contributed by atoms with E-state index in [9.17, 15) is 0 Å². The van der Waals surface area contributed by atoms with Gasteiger partial charge in [-0.15, -0.1) is 0 Å². The first-order valence-electron chi connectivity index (χ1n) is 6.49. The van der Waals surface area contributed by atoms with Crippen LogP contribution in [-0.4, -0.2) is 14.2 Å². The first kappa shape index (κ1) is 16.1. The minimum atomic E-state index is 0.819. The summed E-state index contributed by atoms with van der Waals surface area (Å²) in [7, 11) is 3.34. The number of hydrogen-bond donors (Lipinski definition) is 0. The molecule has 0 aromatic heterocycles. The van der Waals surface area contributed by atoms with Gasteiger partial charge in [-0.1, -0.05) is 24.3 Å². The monoisotopic (exact) mass is 322 g/mol. The first-order valence-corrected chi connectivity index (χ1v) is 8.31. The van der Waals surface area contributed by atoms with Crippen LogP contribution < -0.4 is 9.47 Å². The van der Waals surface area contributed by atoms with Crippen LogP contribution in [0.1, 0.15) is 11.1 Å². The van der Waals surface area contributed by atoms with E-state index in [0.29, 0.717) is 0 Å². The lowest BCUT2D eigenvalue weighted by molar-refractivity contribution is 0.414. The molecule has 5 heteroatoms. The molecule has 0 heterocycles. The molecule has 0 saturated heterocycles. The Hall–Kier alpha value is -1.30. The van der Waals surface area contributed by atoms with E-state index in [4.69, 9.17) is 13.1 Å². The van der Waals surface area contributed by atoms with E-state index in [2.05, 4.69) is 0 Å². The lowest BCUT2D eigenvalue weighted by Gasteiger charge is -2.04. The lowest BCUT2D eigenvalue weighted by Crippen LogP contribution is -1.85. The summed E-state index contributed by atoms with van der Waals surface area (Å²) in [4.78, 5) is 0. The zero-order chi connectivity index (χ0) is 14.9. The second kappa shape index (κ2) is 8.87. The van der Waals surface area contributed by atoms with Crippen LogP contribution in [0.5, 0.6) is 11.5 Å². The van der Waals surface area contributed by atoms with Crippen LogP contribution in [0, 0.1) is 0 Å². The van der Waals surface area contributed by atoms with Gasteiger partial charge >= 0.3 is 0 Å². The van der Waals surface area contributed by atoms with Crippen molar-refractivity contribution < 1.29 is 13.1 Å². The molecule has 0 atom stereocenters. The van der Waals surface area contributed by atoms with Gasteiger partial charge in [-0.05, 0) is 35.4 Å². The Labute approximate surface area is 134 Å². The molecule has 0 spiro atoms. The van der Waals surface area contributed by atoms with Crippen molar-refractivity contribution in [3.63, 3.8) is 0 Å². The van der Waals surface area contributed by atoms with Crippen LogP contribution in [0.3, 0.4) is 0 Å². The third kappa shape index (κ3) is 5.53. The molecule has 2 aromatic rings. The maximum Gasteiger partial charge on any atom is 0.118 e. The zero-order valence-electron chi connectivity index (χ0n) is 12.1. The Morgan fingerprint density at radius 3 is 1.38 bits per heavy atom. The molecule has 112 valence electrons. The Kier molecular flexibility index (Phi) is 6.79. The van der Waals surface area contributed by atoms with Gasteiger partial charge in [0, 0.05) is 35.6 Å². The molecule has 0 N–H and O–H groups in total. The molecule has 2 aromatic carbocycles. The molecule has 0 aliphatic heterocycles. The van der Waals surface area contributed by atoms with Crippen LogP contribution in [0.25, 0.3) is 0 Å². The quantitative estimate of drug-likeness (QED) is 0.518. The van der Waals surface area contributed by atoms with Gasteiger partial charge in [-0.3, -0.25) is 0 Å². The SMILES string of the molecule is COc1ccc(CSOSCc2ccc(OC)cc2)cc1. The maximum atomic E-state index is 5.53. The molecule has 0 radical (unpaired) electrons. The van der Waals surface area contributed by atoms with Gasteiger partial charge in [0.1, 0.15) is 11.5 Å². The molecule has 21 heavy (non-hydrogen) atoms. The second-order valence-electron chi connectivity index (χ2n) is 4.29. The summed E-state index contributed by atoms with van der Waals surface area (Å²) < 4.78 is 15.8. The summed E-state index contributed by atoms with van der Waals surface area (Å²) in [6.45, 7) is 0. The average molecular weight is 322 g/mol. The average Bonchev–Trinajstić information content (AvgIpc) is 2.55. The van der Waals surface area contributed by atoms with E-state index >= 15 is 0 Å². The van der Waals surface area contributed by atoms with Crippen molar-refractivity contribution in [3.05, 3.63) is 59.7 Å². The maximum absolute atomic E-state index is 5.53. The third-order valence-corrected chi connectivity index (χ3v) is 4.54. The van der Waals surface area contributed by atoms with Gasteiger partial charge < -0.3 is 9.47 Å². The number of ether oxygens (including phenoxy) is 2. The van der Waals surface area contributed by atoms with Gasteiger partial charge in [0.25, 0.3) is 0 Å². The Morgan fingerprint density at radius 1 is 0.667 bits per heavy atom. The number of benzene rings is 2. The van der Waals surface area contributed by atoms with Crippen molar-refractivity contribution in [2.45, 2.75) is 11.5 Å². The number of methoxy groups -OCH3 is 2. The smallest absolute Gasteiger partial charge is 0.118 e. The standard InChI is InChI=1S/C16H18O3S2/c1-17-15-7-3-13(4-8-15)11-20-19-21-12-14-5-9-16(18-2)10-6-14/h3-10H,11-12H2,1-2H3. The van der Waals surface area contributed by atoms with Crippen LogP contribution >= 0.6 is 24.1 Å². The number of hydrogen-bond acceptors (Lipinski definition) is 5. The van der Waals surface area contributed by atoms with Crippen molar-refractivity contribution in [2.75, 3.05) is 14.2 Å². The van der Waals surface area contributed by atoms with E-state index in [-0.39, 0.29) is 0 Å². The molecule has 0 fully saturated rings. The predicted molar refractivity (Wildman–Crippen MR) is 89.7 cm³/mol. The predicted octanol–water partition coefficient (Wildman–Crippen LogP) is 4.72. The molecule has 3 nitrogen and oxygen atoms in total. The third-order valence-electron chi connectivity index (χ3n) is 2.87. The van der Waals surface area contributed by atoms with Crippen molar-refractivity contribution in [2.24, 2.45) is 0 Å². The second-order valence-corrected chi connectivity index (χ2v) is 5.88. The van der Waals surface area contributed by atoms with Crippen LogP contribution in [0.15, 0.2) is 48.5 Å². The van der Waals surface area contributed by atoms with E-state index in [0.717, 1.165) is 23.0 Å². The summed E-state index contributed by atoms with van der Waals surface area (Å²) in [6.07, 6.45) is 0. The highest BCUT2D eigenvalue weighted by atomic mass is 32.2. The summed E-state index contributed by atoms with van der Waals surface area (Å²) in [5.74, 6) is 3.39. The van der Waals surface area contributed by atoms with E-state index < -0.39 is 0 Å². The van der Waals surface area contributed by atoms with Crippen molar-refractivity contribution in [1.29, 1.82) is 0 Å². The Balaban J connectivity index is 1.64. The van der Waals surface area contributed by atoms with E-state index in [1.54, 1.807) is 14.2 Å². The normalized spacial score (nSPS) is 10.4. The summed E-state index contributed by atoms with van der Waals surface area (Å²) in [5.41, 5.74) is 2.43. The van der Waals surface area contributed by atoms with E-state index in [1.807, 2.05) is 48.5 Å². The molecule has 2 rings (SSSR count). The van der Waals surface area contributed by atoms with Gasteiger partial charge in [-0.2, -0.15) is 0 Å². The van der Waals surface area contributed by atoms with Gasteiger partial charge in [0.05, 0.1) is 14.2 Å². The molecular formula is C16H18O3S2. The summed E-state index contributed by atoms with van der Waals surface area (Å²) >= 11 is 2.89. The number of rotatable bonds is 8. The summed E-state index contributed by atoms with van der Waals surface area (Å²) in [5, 5.41) is 0. The molecule has 0 aliphatic carbocycles. The van der Waals surface area contributed by atoms with Crippen LogP contribution in [-0.2, 0) is 15.1 Å². The highest BCUT2D eigenvalue weighted by molar-refractivity contribution is 8.07. The Bertz CT molecular complexity index is 477. The van der Waals surface area contributed by atoms with E-state index in [1.165, 1.54) is 35.2 Å². The fourth-order valence-electron chi connectivity index (χ4n) is 1.66. The lowest BCUT2D eigenvalue weighted by atomic mass is 10.2. The van der Waals surface area contributed by atoms with Gasteiger partial charge in [0.15, 0.2) is 0 Å². The molecule has 0 unspecified atom stereocenters. The van der Waals surface area contributed by atoms with Crippen LogP contribution in [0.4, 0.5) is 0 Å². The topological polar surface area (TPSA) is 27.7 Å². The fourth-order valence-corrected chi connectivity index (χ4v) is 2.98. The molecule has 0 saturated carbocycles. The largest absolute Gasteiger partial charge is 0.497 e. The first-order chi connectivity index (χ1) is 10.3. The van der Waals surface area contributed by atoms with Crippen molar-refractivity contribution >= 4 is 24.1 Å². The molecule has 0 bridgehead atoms. The summed E-state index contributed by atoms with van der Waals surface area (Å²) in [6, 6.07) is 16.0. The highest BCUT2D eigenvalue weighted by Gasteiger charge is 1.99. The fraction of sp³-hybridized carbons (Fsp3) is 0.250. The minimum Gasteiger partial charge on any atom is -0.497 e. The molecule has 0 aliphatic rings. The van der Waals surface area contributed by atoms with Crippen molar-refractivity contribution in [3.8, 4) is 11.5 Å². The van der Waals surface area contributed by atoms with Gasteiger partial charge in [-0.25, -0.2) is 3.63 Å². The van der Waals surface area contributed by atoms with Gasteiger partial charge in [0.2, 0.25) is 0 Å². The highest BCUT2D eigenvalue weighted by Crippen LogP contribution is 2.24. The minimum absolute atomic E-state index is 0.819. The molecular weight excluding hydrogens is 304 g/mol. The molecule has 0 amide bonds. The Morgan fingerprint density at radius 2 is 1.05 bits per heavy atom. The van der Waals surface area contributed by atoms with Crippen molar-refractivity contribution in [1.82, 2.24) is 0 Å².